The summed E-state index contributed by atoms with van der Waals surface area (Å²) in [5.74, 6) is -0.606. The molecule has 0 fully saturated rings. The van der Waals surface area contributed by atoms with Gasteiger partial charge in [-0.3, -0.25) is 9.20 Å². The normalized spacial score (nSPS) is 10.7. The van der Waals surface area contributed by atoms with E-state index in [0.29, 0.717) is 11.3 Å². The van der Waals surface area contributed by atoms with Crippen LogP contribution in [0.1, 0.15) is 10.4 Å². The van der Waals surface area contributed by atoms with E-state index in [-0.39, 0.29) is 11.7 Å². The van der Waals surface area contributed by atoms with Crippen molar-refractivity contribution in [3.63, 3.8) is 0 Å². The molecular weight excluding hydrogens is 325 g/mol. The predicted molar refractivity (Wildman–Crippen MR) is 77.2 cm³/mol. The van der Waals surface area contributed by atoms with Crippen LogP contribution in [0.4, 0.5) is 10.1 Å². The largest absolute Gasteiger partial charge is 0.322 e. The molecule has 0 atom stereocenters. The fourth-order valence-electron chi connectivity index (χ4n) is 1.82. The lowest BCUT2D eigenvalue weighted by Crippen LogP contribution is -2.12. The summed E-state index contributed by atoms with van der Waals surface area (Å²) in [6.07, 6.45) is 3.35. The molecule has 3 aromatic rings. The highest BCUT2D eigenvalue weighted by Gasteiger charge is 2.09. The Morgan fingerprint density at radius 1 is 1.20 bits per heavy atom. The van der Waals surface area contributed by atoms with Gasteiger partial charge in [0.05, 0.1) is 11.8 Å². The highest BCUT2D eigenvalue weighted by molar-refractivity contribution is 9.10. The molecule has 0 unspecified atom stereocenters. The number of hydrogen-bond acceptors (Lipinski definition) is 2. The van der Waals surface area contributed by atoms with E-state index in [1.807, 2.05) is 0 Å². The molecule has 3 rings (SSSR count). The first-order valence-corrected chi connectivity index (χ1v) is 6.62. The standard InChI is InChI=1S/C14H9BrFN3O/c15-12-7-17-13-6-1-9(8-19(12)13)14(20)18-11-4-2-10(16)3-5-11/h1-8H,(H,18,20). The van der Waals surface area contributed by atoms with Crippen molar-refractivity contribution in [2.45, 2.75) is 0 Å². The second kappa shape index (κ2) is 5.05. The number of carbonyl (C=O) groups is 1. The fraction of sp³-hybridized carbons (Fsp3) is 0. The van der Waals surface area contributed by atoms with Gasteiger partial charge in [-0.05, 0) is 52.3 Å². The van der Waals surface area contributed by atoms with E-state index in [0.717, 1.165) is 10.3 Å². The molecule has 6 heteroatoms. The molecular formula is C14H9BrFN3O. The van der Waals surface area contributed by atoms with E-state index in [1.54, 1.807) is 28.9 Å². The van der Waals surface area contributed by atoms with Crippen LogP contribution in [0.5, 0.6) is 0 Å². The minimum Gasteiger partial charge on any atom is -0.322 e. The molecule has 0 spiro atoms. The van der Waals surface area contributed by atoms with Gasteiger partial charge in [0.2, 0.25) is 0 Å². The van der Waals surface area contributed by atoms with Gasteiger partial charge in [0.1, 0.15) is 16.1 Å². The van der Waals surface area contributed by atoms with Crippen molar-refractivity contribution < 1.29 is 9.18 Å². The number of anilines is 1. The van der Waals surface area contributed by atoms with Crippen molar-refractivity contribution in [3.8, 4) is 0 Å². The van der Waals surface area contributed by atoms with Crippen LogP contribution >= 0.6 is 15.9 Å². The molecule has 20 heavy (non-hydrogen) atoms. The Hall–Kier alpha value is -2.21. The third kappa shape index (κ3) is 2.42. The summed E-state index contributed by atoms with van der Waals surface area (Å²) in [6.45, 7) is 0. The maximum Gasteiger partial charge on any atom is 0.257 e. The first-order chi connectivity index (χ1) is 9.63. The van der Waals surface area contributed by atoms with Gasteiger partial charge in [0.25, 0.3) is 5.91 Å². The van der Waals surface area contributed by atoms with Crippen LogP contribution in [-0.4, -0.2) is 15.3 Å². The average molecular weight is 334 g/mol. The van der Waals surface area contributed by atoms with E-state index in [4.69, 9.17) is 0 Å². The van der Waals surface area contributed by atoms with Gasteiger partial charge < -0.3 is 5.32 Å². The Balaban J connectivity index is 1.88. The zero-order chi connectivity index (χ0) is 14.1. The number of rotatable bonds is 2. The van der Waals surface area contributed by atoms with Gasteiger partial charge in [-0.1, -0.05) is 0 Å². The van der Waals surface area contributed by atoms with E-state index >= 15 is 0 Å². The Morgan fingerprint density at radius 2 is 1.95 bits per heavy atom. The van der Waals surface area contributed by atoms with Gasteiger partial charge in [0.15, 0.2) is 0 Å². The lowest BCUT2D eigenvalue weighted by atomic mass is 10.2. The molecule has 4 nitrogen and oxygen atoms in total. The molecule has 0 bridgehead atoms. The van der Waals surface area contributed by atoms with E-state index < -0.39 is 0 Å². The summed E-state index contributed by atoms with van der Waals surface area (Å²) >= 11 is 3.35. The molecule has 1 amide bonds. The fourth-order valence-corrected chi connectivity index (χ4v) is 2.21. The van der Waals surface area contributed by atoms with Crippen LogP contribution in [0.2, 0.25) is 0 Å². The van der Waals surface area contributed by atoms with Gasteiger partial charge in [-0.25, -0.2) is 9.37 Å². The van der Waals surface area contributed by atoms with Crippen molar-refractivity contribution >= 4 is 33.2 Å². The number of carbonyl (C=O) groups excluding carboxylic acids is 1. The molecule has 2 heterocycles. The Labute approximate surface area is 122 Å². The highest BCUT2D eigenvalue weighted by atomic mass is 79.9. The summed E-state index contributed by atoms with van der Waals surface area (Å²) in [5.41, 5.74) is 1.77. The third-order valence-electron chi connectivity index (χ3n) is 2.82. The maximum atomic E-state index is 12.8. The van der Waals surface area contributed by atoms with Crippen molar-refractivity contribution in [1.29, 1.82) is 0 Å². The summed E-state index contributed by atoms with van der Waals surface area (Å²) in [7, 11) is 0. The molecule has 0 aliphatic heterocycles. The first-order valence-electron chi connectivity index (χ1n) is 5.83. The number of halogens is 2. The number of nitrogens with zero attached hydrogens (tertiary/aromatic N) is 2. The SMILES string of the molecule is O=C(Nc1ccc(F)cc1)c1ccc2ncc(Br)n2c1. The zero-order valence-corrected chi connectivity index (χ0v) is 11.8. The number of pyridine rings is 1. The van der Waals surface area contributed by atoms with Crippen LogP contribution in [0.15, 0.2) is 53.4 Å². The van der Waals surface area contributed by atoms with Gasteiger partial charge in [-0.2, -0.15) is 0 Å². The highest BCUT2D eigenvalue weighted by Crippen LogP contribution is 2.15. The number of imidazole rings is 1. The second-order valence-corrected chi connectivity index (χ2v) is 5.00. The number of nitrogens with one attached hydrogen (secondary N) is 1. The van der Waals surface area contributed by atoms with Crippen LogP contribution in [0.3, 0.4) is 0 Å². The molecule has 100 valence electrons. The van der Waals surface area contributed by atoms with E-state index in [1.165, 1.54) is 24.3 Å². The third-order valence-corrected chi connectivity index (χ3v) is 3.41. The maximum absolute atomic E-state index is 12.8. The lowest BCUT2D eigenvalue weighted by Gasteiger charge is -2.06. The smallest absolute Gasteiger partial charge is 0.257 e. The van der Waals surface area contributed by atoms with Crippen molar-refractivity contribution in [2.24, 2.45) is 0 Å². The number of benzene rings is 1. The van der Waals surface area contributed by atoms with Crippen LogP contribution in [0, 0.1) is 5.82 Å². The van der Waals surface area contributed by atoms with Gasteiger partial charge >= 0.3 is 0 Å². The second-order valence-electron chi connectivity index (χ2n) is 4.19. The monoisotopic (exact) mass is 333 g/mol. The molecule has 2 aromatic heterocycles. The number of fused-ring (bicyclic) bond motifs is 1. The van der Waals surface area contributed by atoms with Crippen molar-refractivity contribution in [3.05, 3.63) is 64.8 Å². The minimum absolute atomic E-state index is 0.265. The number of hydrogen-bond donors (Lipinski definition) is 1. The number of amides is 1. The van der Waals surface area contributed by atoms with Crippen LogP contribution in [-0.2, 0) is 0 Å². The summed E-state index contributed by atoms with van der Waals surface area (Å²) in [5, 5.41) is 2.71. The van der Waals surface area contributed by atoms with Crippen molar-refractivity contribution in [1.82, 2.24) is 9.38 Å². The molecule has 0 aliphatic rings. The minimum atomic E-state index is -0.341. The Morgan fingerprint density at radius 3 is 2.70 bits per heavy atom. The first kappa shape index (κ1) is 12.8. The van der Waals surface area contributed by atoms with Crippen LogP contribution < -0.4 is 5.32 Å². The van der Waals surface area contributed by atoms with Crippen LogP contribution in [0.25, 0.3) is 5.65 Å². The number of aromatic nitrogens is 2. The lowest BCUT2D eigenvalue weighted by molar-refractivity contribution is 0.102. The van der Waals surface area contributed by atoms with E-state index in [2.05, 4.69) is 26.2 Å². The van der Waals surface area contributed by atoms with E-state index in [9.17, 15) is 9.18 Å². The molecule has 0 saturated heterocycles. The summed E-state index contributed by atoms with van der Waals surface area (Å²) in [6, 6.07) is 9.06. The Kier molecular flexibility index (Phi) is 3.23. The zero-order valence-electron chi connectivity index (χ0n) is 10.2. The Bertz CT molecular complexity index is 783. The predicted octanol–water partition coefficient (Wildman–Crippen LogP) is 3.49. The topological polar surface area (TPSA) is 46.4 Å². The molecule has 1 N–H and O–H groups in total. The molecule has 1 aromatic carbocycles. The quantitative estimate of drug-likeness (QED) is 0.780. The van der Waals surface area contributed by atoms with Gasteiger partial charge in [-0.15, -0.1) is 0 Å². The van der Waals surface area contributed by atoms with Gasteiger partial charge in [0, 0.05) is 11.9 Å². The molecule has 0 aliphatic carbocycles. The molecule has 0 radical (unpaired) electrons. The van der Waals surface area contributed by atoms with Crippen molar-refractivity contribution in [2.75, 3.05) is 5.32 Å². The average Bonchev–Trinajstić information content (AvgIpc) is 2.82. The summed E-state index contributed by atoms with van der Waals surface area (Å²) < 4.78 is 15.3. The molecule has 0 saturated carbocycles. The summed E-state index contributed by atoms with van der Waals surface area (Å²) in [4.78, 5) is 16.3.